The van der Waals surface area contributed by atoms with E-state index in [-0.39, 0.29) is 31.0 Å². The first kappa shape index (κ1) is 31.6. The van der Waals surface area contributed by atoms with Crippen molar-refractivity contribution in [3.8, 4) is 0 Å². The second-order valence-electron chi connectivity index (χ2n) is 15.1. The van der Waals surface area contributed by atoms with Crippen LogP contribution in [0.25, 0.3) is 0 Å². The van der Waals surface area contributed by atoms with Crippen molar-refractivity contribution in [3.05, 3.63) is 47.1 Å². The van der Waals surface area contributed by atoms with Crippen molar-refractivity contribution in [2.75, 3.05) is 0 Å². The Labute approximate surface area is 272 Å². The first-order chi connectivity index (χ1) is 22.0. The maximum Gasteiger partial charge on any atom is 0.334 e. The molecule has 5 aliphatic carbocycles. The molecule has 7 aliphatic rings. The number of ether oxygens (including phenoxy) is 4. The molecule has 47 heavy (non-hydrogen) atoms. The first-order valence-electron chi connectivity index (χ1n) is 16.4. The number of hydrogen-bond donors (Lipinski definition) is 1. The predicted octanol–water partition coefficient (Wildman–Crippen LogP) is 3.95. The van der Waals surface area contributed by atoms with E-state index >= 15 is 0 Å². The smallest absolute Gasteiger partial charge is 0.334 e. The Morgan fingerprint density at radius 1 is 1.06 bits per heavy atom. The van der Waals surface area contributed by atoms with E-state index in [1.165, 1.54) is 6.92 Å². The van der Waals surface area contributed by atoms with Crippen molar-refractivity contribution in [2.45, 2.75) is 97.1 Å². The summed E-state index contributed by atoms with van der Waals surface area (Å²) in [5.74, 6) is -5.73. The lowest BCUT2D eigenvalue weighted by Gasteiger charge is -2.47. The Morgan fingerprint density at radius 3 is 2.47 bits per heavy atom. The SMILES string of the molecule is C=C1C(=O)OC2C1CC[C@](C)(OC(C)=O)C13C=C[C@](C)(C21)C1(C3)C(=O)OC2C3C(C)=CC(=O)C3=C(C)C[C@H](OC(=O)CCC(=O)O)C21. The molecule has 7 rings (SSSR count). The summed E-state index contributed by atoms with van der Waals surface area (Å²) in [6.45, 7) is 12.9. The minimum Gasteiger partial charge on any atom is -0.481 e. The lowest BCUT2D eigenvalue weighted by molar-refractivity contribution is -0.176. The van der Waals surface area contributed by atoms with Gasteiger partial charge in [0, 0.05) is 53.1 Å². The minimum absolute atomic E-state index is 0.146. The zero-order valence-corrected chi connectivity index (χ0v) is 27.3. The Kier molecular flexibility index (Phi) is 6.72. The Bertz CT molecular complexity index is 1670. The van der Waals surface area contributed by atoms with Crippen molar-refractivity contribution in [1.29, 1.82) is 0 Å². The molecule has 11 atom stereocenters. The number of esters is 4. The predicted molar refractivity (Wildman–Crippen MR) is 162 cm³/mol. The van der Waals surface area contributed by atoms with Gasteiger partial charge in [-0.25, -0.2) is 4.79 Å². The van der Waals surface area contributed by atoms with E-state index < -0.39 is 94.2 Å². The van der Waals surface area contributed by atoms with Gasteiger partial charge >= 0.3 is 29.8 Å². The van der Waals surface area contributed by atoms with E-state index in [0.29, 0.717) is 29.6 Å². The maximum atomic E-state index is 14.8. The molecule has 2 aliphatic heterocycles. The summed E-state index contributed by atoms with van der Waals surface area (Å²) < 4.78 is 24.9. The van der Waals surface area contributed by atoms with Gasteiger partial charge in [0.05, 0.1) is 24.2 Å². The normalized spacial score (nSPS) is 44.2. The van der Waals surface area contributed by atoms with E-state index in [0.717, 1.165) is 5.57 Å². The monoisotopic (exact) mass is 648 g/mol. The molecule has 0 radical (unpaired) electrons. The molecule has 2 bridgehead atoms. The highest BCUT2D eigenvalue weighted by molar-refractivity contribution is 6.09. The summed E-state index contributed by atoms with van der Waals surface area (Å²) in [5, 5.41) is 9.24. The molecule has 250 valence electrons. The van der Waals surface area contributed by atoms with Crippen LogP contribution in [0, 0.1) is 39.9 Å². The molecular weight excluding hydrogens is 608 g/mol. The van der Waals surface area contributed by atoms with Gasteiger partial charge in [-0.15, -0.1) is 0 Å². The molecule has 8 unspecified atom stereocenters. The summed E-state index contributed by atoms with van der Waals surface area (Å²) in [6, 6.07) is 0. The lowest BCUT2D eigenvalue weighted by atomic mass is 9.54. The van der Waals surface area contributed by atoms with Gasteiger partial charge in [-0.3, -0.25) is 24.0 Å². The van der Waals surface area contributed by atoms with Crippen LogP contribution in [-0.2, 0) is 47.7 Å². The van der Waals surface area contributed by atoms with Crippen LogP contribution in [-0.4, -0.2) is 64.6 Å². The molecule has 0 amide bonds. The van der Waals surface area contributed by atoms with Crippen LogP contribution < -0.4 is 0 Å². The highest BCUT2D eigenvalue weighted by Gasteiger charge is 2.85. The number of carbonyl (C=O) groups excluding carboxylic acids is 5. The van der Waals surface area contributed by atoms with Crippen molar-refractivity contribution >= 4 is 35.6 Å². The van der Waals surface area contributed by atoms with Crippen LogP contribution in [0.2, 0.25) is 0 Å². The van der Waals surface area contributed by atoms with Crippen molar-refractivity contribution < 1.29 is 52.8 Å². The number of carboxylic acid groups (broad SMARTS) is 1. The highest BCUT2D eigenvalue weighted by atomic mass is 16.6. The summed E-state index contributed by atoms with van der Waals surface area (Å²) in [5.41, 5.74) is -2.14. The Balaban J connectivity index is 1.42. The zero-order chi connectivity index (χ0) is 34.0. The summed E-state index contributed by atoms with van der Waals surface area (Å²) in [7, 11) is 0. The summed E-state index contributed by atoms with van der Waals surface area (Å²) in [6.07, 6.45) is 3.50. The average Bonchev–Trinajstić information content (AvgIpc) is 3.65. The van der Waals surface area contributed by atoms with Gasteiger partial charge in [-0.2, -0.15) is 0 Å². The third-order valence-electron chi connectivity index (χ3n) is 12.9. The van der Waals surface area contributed by atoms with E-state index in [1.54, 1.807) is 6.08 Å². The fourth-order valence-corrected chi connectivity index (χ4v) is 11.1. The van der Waals surface area contributed by atoms with E-state index in [9.17, 15) is 33.9 Å². The first-order valence-corrected chi connectivity index (χ1v) is 16.4. The van der Waals surface area contributed by atoms with Gasteiger partial charge < -0.3 is 24.1 Å². The third-order valence-corrected chi connectivity index (χ3v) is 12.9. The summed E-state index contributed by atoms with van der Waals surface area (Å²) >= 11 is 0. The second kappa shape index (κ2) is 10.00. The fraction of sp³-hybridized carbons (Fsp3) is 0.611. The van der Waals surface area contributed by atoms with E-state index in [2.05, 4.69) is 6.58 Å². The molecule has 0 aromatic rings. The number of hydrogen-bond acceptors (Lipinski definition) is 10. The highest BCUT2D eigenvalue weighted by Crippen LogP contribution is 2.80. The van der Waals surface area contributed by atoms with Crippen molar-refractivity contribution in [2.24, 2.45) is 39.9 Å². The fourth-order valence-electron chi connectivity index (χ4n) is 11.1. The minimum atomic E-state index is -1.35. The number of carboxylic acids is 1. The maximum absolute atomic E-state index is 14.8. The van der Waals surface area contributed by atoms with Gasteiger partial charge in [0.25, 0.3) is 0 Å². The van der Waals surface area contributed by atoms with Crippen LogP contribution in [0.1, 0.15) is 73.1 Å². The Hall–Kier alpha value is -4.02. The number of fused-ring (bicyclic) bond motifs is 6. The molecule has 0 aromatic carbocycles. The van der Waals surface area contributed by atoms with Gasteiger partial charge in [-0.05, 0) is 46.1 Å². The zero-order valence-electron chi connectivity index (χ0n) is 27.3. The largest absolute Gasteiger partial charge is 0.481 e. The second-order valence-corrected chi connectivity index (χ2v) is 15.1. The molecular formula is C36H40O11. The number of ketones is 1. The van der Waals surface area contributed by atoms with Crippen molar-refractivity contribution in [1.82, 2.24) is 0 Å². The van der Waals surface area contributed by atoms with Crippen LogP contribution in [0.15, 0.2) is 47.1 Å². The molecule has 2 saturated carbocycles. The van der Waals surface area contributed by atoms with Gasteiger partial charge in [0.15, 0.2) is 5.78 Å². The van der Waals surface area contributed by atoms with Crippen LogP contribution in [0.3, 0.4) is 0 Å². The molecule has 4 fully saturated rings. The molecule has 2 saturated heterocycles. The number of aliphatic carboxylic acids is 1. The topological polar surface area (TPSA) is 160 Å². The van der Waals surface area contributed by atoms with Gasteiger partial charge in [0.1, 0.15) is 23.9 Å². The number of rotatable bonds is 5. The summed E-state index contributed by atoms with van der Waals surface area (Å²) in [4.78, 5) is 78.4. The van der Waals surface area contributed by atoms with Crippen LogP contribution in [0.5, 0.6) is 0 Å². The van der Waals surface area contributed by atoms with E-state index in [1.807, 2.05) is 39.8 Å². The quantitative estimate of drug-likeness (QED) is 0.199. The molecule has 11 heteroatoms. The molecule has 11 nitrogen and oxygen atoms in total. The number of carbonyl (C=O) groups is 6. The molecule has 1 N–H and O–H groups in total. The van der Waals surface area contributed by atoms with Crippen LogP contribution >= 0.6 is 0 Å². The van der Waals surface area contributed by atoms with Crippen LogP contribution in [0.4, 0.5) is 0 Å². The molecule has 0 aromatic heterocycles. The van der Waals surface area contributed by atoms with Gasteiger partial charge in [0.2, 0.25) is 0 Å². The molecule has 1 spiro atoms. The average molecular weight is 649 g/mol. The van der Waals surface area contributed by atoms with Gasteiger partial charge in [-0.1, -0.05) is 36.8 Å². The Morgan fingerprint density at radius 2 is 1.79 bits per heavy atom. The standard InChI is InChI=1S/C36H40O11/c1-16-13-21(38)25-17(2)14-22(44-24(41)8-7-23(39)40)27-29(26(16)25)46-32(43)36(27)15-35-12-11-33(36,5)30(35)28-20(18(3)31(42)45-28)9-10-34(35,6)47-19(4)37/h11-13,20,22,26-30H,3,7-10,14-15H2,1-2,4-6H3,(H,39,40)/t20?,22-,26?,27?,28?,29?,30?,33+,34-,35?,36?/m0/s1. The molecule has 2 heterocycles. The lowest BCUT2D eigenvalue weighted by Crippen LogP contribution is -2.53. The number of allylic oxidation sites excluding steroid dienone is 2. The van der Waals surface area contributed by atoms with Crippen molar-refractivity contribution in [3.63, 3.8) is 0 Å². The van der Waals surface area contributed by atoms with E-state index in [4.69, 9.17) is 18.9 Å². The third kappa shape index (κ3) is 3.91.